The molecule has 0 bridgehead atoms. The number of Topliss-reactive ketones (excluding diaryl/α,β-unsaturated/α-hetero) is 2. The fraction of sp³-hybridized carbons (Fsp3) is 0.364. The van der Waals surface area contributed by atoms with E-state index in [4.69, 9.17) is 6.42 Å². The van der Waals surface area contributed by atoms with Crippen molar-refractivity contribution in [2.24, 2.45) is 0 Å². The summed E-state index contributed by atoms with van der Waals surface area (Å²) in [6, 6.07) is 2.97. The van der Waals surface area contributed by atoms with E-state index in [-0.39, 0.29) is 48.2 Å². The molecular formula is C22H22N2O5. The number of benzene rings is 1. The van der Waals surface area contributed by atoms with Crippen LogP contribution >= 0.6 is 0 Å². The minimum atomic E-state index is -0.609. The first-order valence-electron chi connectivity index (χ1n) is 9.53. The summed E-state index contributed by atoms with van der Waals surface area (Å²) >= 11 is 0. The van der Waals surface area contributed by atoms with Crippen LogP contribution in [0.3, 0.4) is 0 Å². The molecule has 0 radical (unpaired) electrons. The van der Waals surface area contributed by atoms with Crippen LogP contribution in [-0.4, -0.2) is 25.8 Å². The molecule has 1 aromatic carbocycles. The van der Waals surface area contributed by atoms with Crippen LogP contribution < -0.4 is 11.2 Å². The normalized spacial score (nSPS) is 14.3. The van der Waals surface area contributed by atoms with Crippen molar-refractivity contribution in [3.8, 4) is 12.3 Å². The second-order valence-electron chi connectivity index (χ2n) is 7.09. The van der Waals surface area contributed by atoms with Crippen LogP contribution in [0.5, 0.6) is 0 Å². The molecule has 0 unspecified atom stereocenters. The number of ketones is 2. The minimum Gasteiger partial charge on any atom is -0.511 e. The Hall–Kier alpha value is -3.40. The van der Waals surface area contributed by atoms with E-state index in [1.165, 1.54) is 16.7 Å². The summed E-state index contributed by atoms with van der Waals surface area (Å²) in [7, 11) is 0. The number of rotatable bonds is 5. The van der Waals surface area contributed by atoms with Gasteiger partial charge in [0, 0.05) is 24.9 Å². The molecule has 0 fully saturated rings. The smallest absolute Gasteiger partial charge is 0.332 e. The molecule has 0 saturated carbocycles. The molecule has 29 heavy (non-hydrogen) atoms. The molecule has 0 saturated heterocycles. The highest BCUT2D eigenvalue weighted by Gasteiger charge is 2.29. The van der Waals surface area contributed by atoms with E-state index in [1.54, 1.807) is 6.92 Å². The van der Waals surface area contributed by atoms with Gasteiger partial charge in [-0.15, -0.1) is 6.42 Å². The maximum Gasteiger partial charge on any atom is 0.332 e. The summed E-state index contributed by atoms with van der Waals surface area (Å²) in [5, 5.41) is 10.3. The Morgan fingerprint density at radius 3 is 2.55 bits per heavy atom. The van der Waals surface area contributed by atoms with Crippen molar-refractivity contribution in [2.75, 3.05) is 0 Å². The van der Waals surface area contributed by atoms with Crippen LogP contribution in [0.25, 0.3) is 10.9 Å². The number of nitrogens with zero attached hydrogens (tertiary/aromatic N) is 2. The summed E-state index contributed by atoms with van der Waals surface area (Å²) in [6.07, 6.45) is 6.94. The first-order valence-corrected chi connectivity index (χ1v) is 9.53. The summed E-state index contributed by atoms with van der Waals surface area (Å²) in [5.41, 5.74) is -0.367. The highest BCUT2D eigenvalue weighted by molar-refractivity contribution is 6.27. The van der Waals surface area contributed by atoms with Gasteiger partial charge < -0.3 is 5.11 Å². The molecule has 150 valence electrons. The van der Waals surface area contributed by atoms with Crippen molar-refractivity contribution in [1.82, 2.24) is 9.13 Å². The largest absolute Gasteiger partial charge is 0.511 e. The van der Waals surface area contributed by atoms with Crippen molar-refractivity contribution in [1.29, 1.82) is 0 Å². The zero-order valence-electron chi connectivity index (χ0n) is 16.4. The number of aryl methyl sites for hydroxylation is 1. The number of fused-ring (bicyclic) bond motifs is 1. The number of aliphatic hydroxyl groups excluding tert-OH is 1. The van der Waals surface area contributed by atoms with Gasteiger partial charge in [0.1, 0.15) is 11.3 Å². The highest BCUT2D eigenvalue weighted by atomic mass is 16.3. The van der Waals surface area contributed by atoms with Crippen molar-refractivity contribution < 1.29 is 14.7 Å². The number of hydrogen-bond donors (Lipinski definition) is 1. The van der Waals surface area contributed by atoms with Gasteiger partial charge in [0.2, 0.25) is 0 Å². The lowest BCUT2D eigenvalue weighted by atomic mass is 9.88. The summed E-state index contributed by atoms with van der Waals surface area (Å²) in [6.45, 7) is 3.65. The summed E-state index contributed by atoms with van der Waals surface area (Å²) in [5.74, 6) is 1.19. The minimum absolute atomic E-state index is 0.0174. The zero-order chi connectivity index (χ0) is 21.3. The van der Waals surface area contributed by atoms with E-state index in [0.29, 0.717) is 23.9 Å². The van der Waals surface area contributed by atoms with E-state index >= 15 is 0 Å². The average molecular weight is 394 g/mol. The standard InChI is InChI=1S/C22H22N2O5/c1-4-11-23-15-10-9-14(20(27)19-16(25)7-6-8-17(19)26)13(3)18(15)21(28)24(12-5-2)22(23)29/h1,9-10,25H,5-8,11-12H2,2-3H3. The van der Waals surface area contributed by atoms with Gasteiger partial charge in [-0.3, -0.25) is 23.5 Å². The first-order chi connectivity index (χ1) is 13.8. The number of allylic oxidation sites excluding steroid dienone is 2. The lowest BCUT2D eigenvalue weighted by molar-refractivity contribution is -0.116. The Labute approximate surface area is 167 Å². The van der Waals surface area contributed by atoms with Crippen molar-refractivity contribution in [2.45, 2.75) is 52.6 Å². The number of hydrogen-bond acceptors (Lipinski definition) is 5. The van der Waals surface area contributed by atoms with Gasteiger partial charge >= 0.3 is 5.69 Å². The molecule has 1 aliphatic rings. The molecule has 0 spiro atoms. The molecule has 3 rings (SSSR count). The second-order valence-corrected chi connectivity index (χ2v) is 7.09. The molecule has 1 heterocycles. The number of aliphatic hydroxyl groups is 1. The van der Waals surface area contributed by atoms with Gasteiger partial charge in [-0.1, -0.05) is 12.8 Å². The van der Waals surface area contributed by atoms with Crippen molar-refractivity contribution in [3.63, 3.8) is 0 Å². The molecule has 0 aliphatic heterocycles. The topological polar surface area (TPSA) is 98.4 Å². The highest BCUT2D eigenvalue weighted by Crippen LogP contribution is 2.26. The van der Waals surface area contributed by atoms with Crippen LogP contribution in [0.2, 0.25) is 0 Å². The van der Waals surface area contributed by atoms with Gasteiger partial charge in [0.15, 0.2) is 11.6 Å². The third-order valence-electron chi connectivity index (χ3n) is 5.21. The molecule has 2 aromatic rings. The number of carbonyl (C=O) groups excluding carboxylic acids is 2. The fourth-order valence-electron chi connectivity index (χ4n) is 3.79. The summed E-state index contributed by atoms with van der Waals surface area (Å²) < 4.78 is 2.44. The van der Waals surface area contributed by atoms with Gasteiger partial charge in [-0.05, 0) is 37.5 Å². The van der Waals surface area contributed by atoms with Crippen LogP contribution in [0.15, 0.2) is 33.1 Å². The quantitative estimate of drug-likeness (QED) is 0.477. The van der Waals surface area contributed by atoms with Crippen LogP contribution in [0.4, 0.5) is 0 Å². The molecule has 1 aliphatic carbocycles. The van der Waals surface area contributed by atoms with Gasteiger partial charge in [-0.2, -0.15) is 0 Å². The monoisotopic (exact) mass is 394 g/mol. The van der Waals surface area contributed by atoms with E-state index < -0.39 is 22.8 Å². The number of terminal acetylenes is 1. The Morgan fingerprint density at radius 2 is 1.93 bits per heavy atom. The first kappa shape index (κ1) is 20.3. The Kier molecular flexibility index (Phi) is 5.55. The zero-order valence-corrected chi connectivity index (χ0v) is 16.4. The molecule has 1 aromatic heterocycles. The SMILES string of the molecule is C#CCn1c(=O)n(CCC)c(=O)c2c(C)c(C(=O)C3=C(O)CCCC3=O)ccc21. The van der Waals surface area contributed by atoms with Crippen LogP contribution in [0.1, 0.15) is 48.5 Å². The molecular weight excluding hydrogens is 372 g/mol. The molecule has 7 nitrogen and oxygen atoms in total. The Bertz CT molecular complexity index is 1220. The maximum absolute atomic E-state index is 13.1. The molecule has 7 heteroatoms. The third kappa shape index (κ3) is 3.31. The van der Waals surface area contributed by atoms with E-state index in [2.05, 4.69) is 5.92 Å². The second kappa shape index (κ2) is 7.92. The third-order valence-corrected chi connectivity index (χ3v) is 5.21. The number of carbonyl (C=O) groups is 2. The van der Waals surface area contributed by atoms with Crippen LogP contribution in [-0.2, 0) is 17.9 Å². The van der Waals surface area contributed by atoms with Crippen molar-refractivity contribution >= 4 is 22.5 Å². The van der Waals surface area contributed by atoms with E-state index in [9.17, 15) is 24.3 Å². The number of aromatic nitrogens is 2. The van der Waals surface area contributed by atoms with Crippen LogP contribution in [0, 0.1) is 19.3 Å². The summed E-state index contributed by atoms with van der Waals surface area (Å²) in [4.78, 5) is 51.0. The van der Waals surface area contributed by atoms with Crippen molar-refractivity contribution in [3.05, 3.63) is 55.4 Å². The average Bonchev–Trinajstić information content (AvgIpc) is 2.68. The van der Waals surface area contributed by atoms with Gasteiger partial charge in [0.05, 0.1) is 17.4 Å². The van der Waals surface area contributed by atoms with E-state index in [0.717, 1.165) is 4.57 Å². The Balaban J connectivity index is 2.34. The predicted molar refractivity (Wildman–Crippen MR) is 109 cm³/mol. The molecule has 0 amide bonds. The lowest BCUT2D eigenvalue weighted by Gasteiger charge is -2.17. The fourth-order valence-corrected chi connectivity index (χ4v) is 3.79. The van der Waals surface area contributed by atoms with Gasteiger partial charge in [-0.25, -0.2) is 4.79 Å². The molecule has 1 N–H and O–H groups in total. The maximum atomic E-state index is 13.1. The predicted octanol–water partition coefficient (Wildman–Crippen LogP) is 2.26. The Morgan fingerprint density at radius 1 is 1.21 bits per heavy atom. The lowest BCUT2D eigenvalue weighted by Crippen LogP contribution is -2.40. The molecule has 0 atom stereocenters. The van der Waals surface area contributed by atoms with E-state index in [1.807, 2.05) is 6.92 Å². The van der Waals surface area contributed by atoms with Gasteiger partial charge in [0.25, 0.3) is 5.56 Å².